The van der Waals surface area contributed by atoms with Crippen LogP contribution in [0.5, 0.6) is 0 Å². The summed E-state index contributed by atoms with van der Waals surface area (Å²) in [6.45, 7) is 27.6. The quantitative estimate of drug-likeness (QED) is 0.0394. The molecule has 688 valence electrons. The summed E-state index contributed by atoms with van der Waals surface area (Å²) < 4.78 is 0. The van der Waals surface area contributed by atoms with Crippen molar-refractivity contribution in [3.63, 3.8) is 0 Å². The van der Waals surface area contributed by atoms with E-state index in [4.69, 9.17) is 0 Å². The Morgan fingerprint density at radius 3 is 0.779 bits per heavy atom. The molecule has 16 aromatic carbocycles. The molecule has 16 aromatic rings. The Bertz CT molecular complexity index is 6530. The van der Waals surface area contributed by atoms with E-state index in [1.54, 1.807) is 0 Å². The predicted octanol–water partition coefficient (Wildman–Crippen LogP) is 35.6. The Labute approximate surface area is 817 Å². The maximum absolute atomic E-state index is 2.53. The first-order valence-electron chi connectivity index (χ1n) is 52.6. The van der Waals surface area contributed by atoms with Gasteiger partial charge < -0.3 is 0 Å². The smallest absolute Gasteiger partial charge is 0.0651 e. The minimum atomic E-state index is -0.287. The Morgan fingerprint density at radius 1 is 0.140 bits per heavy atom. The molecule has 0 saturated carbocycles. The predicted molar refractivity (Wildman–Crippen MR) is 583 cm³/mol. The number of rotatable bonds is 32. The zero-order valence-corrected chi connectivity index (χ0v) is 83.6. The third kappa shape index (κ3) is 17.2. The SMILES string of the molecule is CCCc1cc(CCC)c2c(c1)-c1c(CCC)cccc1C2(c1ccccc1)c1ccccc1.CCCc1cc(CCC)c2c(c1)-c1cccc(CCC)c1C2(c1ccccc1)c1ccccc1.CCCc1ccc(CCC)c2c1-c1cccc(CCC)c1C2(c1ccccc1)c1ccccc1.CCCc1ccc2c(c1)C(c1ccccc1)(c1ccccc1)c1c(CCC)ccc(CCC)c1-2. The van der Waals surface area contributed by atoms with Crippen LogP contribution in [0.1, 0.15) is 316 Å². The van der Waals surface area contributed by atoms with Gasteiger partial charge in [-0.05, 0) is 277 Å². The maximum atomic E-state index is 2.53. The standard InChI is InChI=1S/4C34H36/c1-4-14-25-23-27(16-6-3)33-30(24-25)32-26(15-5-2)17-13-22-31(32)34(33,28-18-9-7-10-19-28)29-20-11-8-12-21-29;1-4-14-25-23-27(16-6-3)33-31(24-25)30-22-13-17-26(15-5-2)32(30)34(33,28-18-9-7-10-19-28)29-20-11-8-12-21-29;1-4-14-25-23-24-27(16-6-3)33-31(25)30-22-13-17-26(15-5-2)32(30)34(33,28-18-9-7-10-19-28)29-20-11-8-12-21-29;1-4-13-25-20-23-30-31(24-25)34(28-16-9-7-10-17-28,29-18-11-8-12-19-29)33-27(15-6-3)22-21-26(14-5-2)32(30)33/h3*7-13,17-24H,4-6,14-16H2,1-3H3;7-12,16-24H,4-6,13-15H2,1-3H3. The van der Waals surface area contributed by atoms with E-state index in [1.807, 2.05) is 0 Å². The molecule has 0 aliphatic heterocycles. The Hall–Kier alpha value is -12.5. The van der Waals surface area contributed by atoms with Gasteiger partial charge in [0.05, 0.1) is 21.7 Å². The third-order valence-corrected chi connectivity index (χ3v) is 30.0. The molecule has 4 aliphatic rings. The number of benzene rings is 16. The second-order valence-corrected chi connectivity index (χ2v) is 38.9. The summed E-state index contributed by atoms with van der Waals surface area (Å²) in [6.07, 6.45) is 27.3. The average Bonchev–Trinajstić information content (AvgIpc) is 1.52. The van der Waals surface area contributed by atoms with Gasteiger partial charge in [-0.1, -0.05) is 524 Å². The van der Waals surface area contributed by atoms with Gasteiger partial charge in [0.25, 0.3) is 0 Å². The van der Waals surface area contributed by atoms with Crippen molar-refractivity contribution in [2.24, 2.45) is 0 Å². The molecule has 0 atom stereocenters. The monoisotopic (exact) mass is 1780 g/mol. The molecule has 0 nitrogen and oxygen atoms in total. The molecule has 0 amide bonds. The first kappa shape index (κ1) is 95.3. The van der Waals surface area contributed by atoms with Crippen molar-refractivity contribution in [2.75, 3.05) is 0 Å². The highest BCUT2D eigenvalue weighted by Gasteiger charge is 2.54. The fourth-order valence-corrected chi connectivity index (χ4v) is 25.2. The second-order valence-electron chi connectivity index (χ2n) is 38.9. The topological polar surface area (TPSA) is 0 Å². The van der Waals surface area contributed by atoms with Crippen molar-refractivity contribution < 1.29 is 0 Å². The lowest BCUT2D eigenvalue weighted by Gasteiger charge is -2.36. The highest BCUT2D eigenvalue weighted by molar-refractivity contribution is 5.94. The molecule has 0 N–H and O–H groups in total. The first-order chi connectivity index (χ1) is 67.0. The lowest BCUT2D eigenvalue weighted by Crippen LogP contribution is -2.31. The van der Waals surface area contributed by atoms with Crippen molar-refractivity contribution in [3.05, 3.63) is 520 Å². The van der Waals surface area contributed by atoms with E-state index in [0.29, 0.717) is 0 Å². The number of aryl methyl sites for hydroxylation is 12. The molecule has 0 heterocycles. The van der Waals surface area contributed by atoms with Crippen molar-refractivity contribution in [2.45, 2.75) is 259 Å². The molecular weight excluding hydrogens is 1630 g/mol. The molecule has 0 radical (unpaired) electrons. The highest BCUT2D eigenvalue weighted by Crippen LogP contribution is 2.65. The van der Waals surface area contributed by atoms with Crippen LogP contribution in [0.3, 0.4) is 0 Å². The van der Waals surface area contributed by atoms with Crippen molar-refractivity contribution >= 4 is 0 Å². The summed E-state index contributed by atoms with van der Waals surface area (Å²) in [5, 5.41) is 0. The van der Waals surface area contributed by atoms with Gasteiger partial charge in [-0.2, -0.15) is 0 Å². The van der Waals surface area contributed by atoms with Gasteiger partial charge >= 0.3 is 0 Å². The normalized spacial score (nSPS) is 13.5. The largest absolute Gasteiger partial charge is 0.0718 e. The van der Waals surface area contributed by atoms with Gasteiger partial charge in [0.1, 0.15) is 0 Å². The minimum absolute atomic E-state index is 0.284. The van der Waals surface area contributed by atoms with Crippen LogP contribution in [0.15, 0.2) is 364 Å². The van der Waals surface area contributed by atoms with Gasteiger partial charge in [0, 0.05) is 0 Å². The van der Waals surface area contributed by atoms with E-state index in [0.717, 1.165) is 141 Å². The first-order valence-corrected chi connectivity index (χ1v) is 52.6. The third-order valence-electron chi connectivity index (χ3n) is 30.0. The van der Waals surface area contributed by atoms with Gasteiger partial charge in [-0.15, -0.1) is 0 Å². The average molecular weight is 1780 g/mol. The Kier molecular flexibility index (Phi) is 30.6. The fourth-order valence-electron chi connectivity index (χ4n) is 25.2. The summed E-state index contributed by atoms with van der Waals surface area (Å²) >= 11 is 0. The summed E-state index contributed by atoms with van der Waals surface area (Å²) in [7, 11) is 0. The van der Waals surface area contributed by atoms with Crippen LogP contribution in [-0.2, 0) is 98.7 Å². The van der Waals surface area contributed by atoms with Gasteiger partial charge in [-0.25, -0.2) is 0 Å². The Balaban J connectivity index is 0.000000126. The van der Waals surface area contributed by atoms with Crippen LogP contribution in [-0.4, -0.2) is 0 Å². The zero-order valence-electron chi connectivity index (χ0n) is 83.6. The molecule has 0 heteroatoms. The van der Waals surface area contributed by atoms with Crippen molar-refractivity contribution in [1.82, 2.24) is 0 Å². The molecular formula is C136H144. The lowest BCUT2D eigenvalue weighted by atomic mass is 9.65. The molecule has 0 bridgehead atoms. The van der Waals surface area contributed by atoms with Crippen LogP contribution in [0.4, 0.5) is 0 Å². The molecule has 136 heavy (non-hydrogen) atoms. The van der Waals surface area contributed by atoms with Gasteiger partial charge in [-0.3, -0.25) is 0 Å². The maximum Gasteiger partial charge on any atom is 0.0718 e. The zero-order chi connectivity index (χ0) is 94.2. The second kappa shape index (κ2) is 43.7. The summed E-state index contributed by atoms with van der Waals surface area (Å²) in [5.74, 6) is 0. The molecule has 0 unspecified atom stereocenters. The van der Waals surface area contributed by atoms with Gasteiger partial charge in [0.2, 0.25) is 0 Å². The summed E-state index contributed by atoms with van der Waals surface area (Å²) in [4.78, 5) is 0. The van der Waals surface area contributed by atoms with Crippen LogP contribution in [0, 0.1) is 0 Å². The molecule has 0 fully saturated rings. The Morgan fingerprint density at radius 2 is 0.397 bits per heavy atom. The van der Waals surface area contributed by atoms with E-state index in [-0.39, 0.29) is 21.7 Å². The van der Waals surface area contributed by atoms with Gasteiger partial charge in [0.15, 0.2) is 0 Å². The van der Waals surface area contributed by atoms with E-state index < -0.39 is 0 Å². The lowest BCUT2D eigenvalue weighted by molar-refractivity contribution is 0.729. The van der Waals surface area contributed by atoms with E-state index >= 15 is 0 Å². The van der Waals surface area contributed by atoms with Crippen LogP contribution < -0.4 is 0 Å². The number of hydrogen-bond acceptors (Lipinski definition) is 0. The number of fused-ring (bicyclic) bond motifs is 12. The minimum Gasteiger partial charge on any atom is -0.0651 e. The fraction of sp³-hybridized carbons (Fsp3) is 0.294. The molecule has 0 aromatic heterocycles. The van der Waals surface area contributed by atoms with E-state index in [9.17, 15) is 0 Å². The summed E-state index contributed by atoms with van der Waals surface area (Å²) in [5.41, 5.74) is 51.6. The number of hydrogen-bond donors (Lipinski definition) is 0. The van der Waals surface area contributed by atoms with E-state index in [1.165, 1.54) is 213 Å². The summed E-state index contributed by atoms with van der Waals surface area (Å²) in [6, 6.07) is 139. The van der Waals surface area contributed by atoms with Crippen molar-refractivity contribution in [1.29, 1.82) is 0 Å². The molecule has 0 saturated heterocycles. The van der Waals surface area contributed by atoms with Crippen LogP contribution in [0.2, 0.25) is 0 Å². The highest BCUT2D eigenvalue weighted by atomic mass is 14.6. The molecule has 4 aliphatic carbocycles. The molecule has 20 rings (SSSR count). The van der Waals surface area contributed by atoms with Crippen LogP contribution >= 0.6 is 0 Å². The van der Waals surface area contributed by atoms with Crippen molar-refractivity contribution in [3.8, 4) is 44.5 Å². The van der Waals surface area contributed by atoms with E-state index in [2.05, 4.69) is 447 Å². The molecule has 0 spiro atoms. The van der Waals surface area contributed by atoms with Crippen LogP contribution in [0.25, 0.3) is 44.5 Å².